The summed E-state index contributed by atoms with van der Waals surface area (Å²) in [5, 5.41) is 0. The van der Waals surface area contributed by atoms with Crippen molar-refractivity contribution in [1.82, 2.24) is 0 Å². The van der Waals surface area contributed by atoms with Crippen LogP contribution in [0, 0.1) is 17.8 Å². The Hall–Kier alpha value is -0.660. The molecule has 2 aliphatic carbocycles. The normalized spacial score (nSPS) is 40.2. The van der Waals surface area contributed by atoms with Crippen molar-refractivity contribution in [1.29, 1.82) is 0 Å². The molecule has 13 heavy (non-hydrogen) atoms. The van der Waals surface area contributed by atoms with Gasteiger partial charge in [-0.25, -0.2) is 0 Å². The molecule has 0 aliphatic heterocycles. The van der Waals surface area contributed by atoms with Crippen molar-refractivity contribution in [3.8, 4) is 0 Å². The molecule has 2 aliphatic rings. The number of carbonyl (C=O) groups is 2. The van der Waals surface area contributed by atoms with Crippen molar-refractivity contribution >= 4 is 11.6 Å². The predicted octanol–water partition coefficient (Wildman–Crippen LogP) is 1.97. The van der Waals surface area contributed by atoms with Crippen LogP contribution in [0.1, 0.15) is 39.0 Å². The molecule has 0 N–H and O–H groups in total. The van der Waals surface area contributed by atoms with Gasteiger partial charge in [0.1, 0.15) is 11.6 Å². The second-order valence-electron chi connectivity index (χ2n) is 4.47. The topological polar surface area (TPSA) is 34.1 Å². The van der Waals surface area contributed by atoms with Crippen LogP contribution in [0.3, 0.4) is 0 Å². The molecule has 2 heteroatoms. The van der Waals surface area contributed by atoms with Gasteiger partial charge in [-0.15, -0.1) is 0 Å². The Morgan fingerprint density at radius 3 is 2.38 bits per heavy atom. The molecule has 0 heterocycles. The van der Waals surface area contributed by atoms with Gasteiger partial charge in [0, 0.05) is 24.2 Å². The Labute approximate surface area is 78.7 Å². The Balaban J connectivity index is 2.19. The van der Waals surface area contributed by atoms with Gasteiger partial charge in [0.15, 0.2) is 0 Å². The molecular weight excluding hydrogens is 164 g/mol. The number of hydrogen-bond donors (Lipinski definition) is 0. The first-order chi connectivity index (χ1) is 6.20. The zero-order valence-corrected chi connectivity index (χ0v) is 8.08. The highest BCUT2D eigenvalue weighted by molar-refractivity contribution is 5.97. The van der Waals surface area contributed by atoms with E-state index in [1.54, 1.807) is 0 Å². The molecule has 2 saturated carbocycles. The van der Waals surface area contributed by atoms with Gasteiger partial charge < -0.3 is 0 Å². The smallest absolute Gasteiger partial charge is 0.139 e. The van der Waals surface area contributed by atoms with Gasteiger partial charge in [-0.3, -0.25) is 9.59 Å². The summed E-state index contributed by atoms with van der Waals surface area (Å²) in [6, 6.07) is 0. The quantitative estimate of drug-likeness (QED) is 0.571. The SMILES string of the molecule is CC1CC(=O)C2CCCCC2C1=O. The predicted molar refractivity (Wildman–Crippen MR) is 49.2 cm³/mol. The third-order valence-corrected chi connectivity index (χ3v) is 3.54. The average molecular weight is 180 g/mol. The van der Waals surface area contributed by atoms with Crippen LogP contribution >= 0.6 is 0 Å². The van der Waals surface area contributed by atoms with Gasteiger partial charge in [0.05, 0.1) is 0 Å². The van der Waals surface area contributed by atoms with Crippen LogP contribution in [0.4, 0.5) is 0 Å². The molecule has 0 aromatic heterocycles. The van der Waals surface area contributed by atoms with E-state index < -0.39 is 0 Å². The van der Waals surface area contributed by atoms with E-state index in [-0.39, 0.29) is 17.8 Å². The number of ketones is 2. The number of Topliss-reactive ketones (excluding diaryl/α,β-unsaturated/α-hetero) is 2. The maximum atomic E-state index is 11.8. The van der Waals surface area contributed by atoms with E-state index in [1.165, 1.54) is 0 Å². The summed E-state index contributed by atoms with van der Waals surface area (Å²) in [6.45, 7) is 1.89. The van der Waals surface area contributed by atoms with Gasteiger partial charge in [-0.2, -0.15) is 0 Å². The molecule has 3 atom stereocenters. The molecule has 2 rings (SSSR count). The fourth-order valence-electron chi connectivity index (χ4n) is 2.78. The van der Waals surface area contributed by atoms with Crippen LogP contribution in [0.5, 0.6) is 0 Å². The Morgan fingerprint density at radius 1 is 1.08 bits per heavy atom. The minimum absolute atomic E-state index is 0.00755. The molecule has 0 amide bonds. The largest absolute Gasteiger partial charge is 0.299 e. The summed E-state index contributed by atoms with van der Waals surface area (Å²) in [7, 11) is 0. The van der Waals surface area contributed by atoms with Crippen LogP contribution in [0.25, 0.3) is 0 Å². The van der Waals surface area contributed by atoms with Crippen molar-refractivity contribution in [2.75, 3.05) is 0 Å². The van der Waals surface area contributed by atoms with E-state index in [0.717, 1.165) is 25.7 Å². The summed E-state index contributed by atoms with van der Waals surface area (Å²) in [5.74, 6) is 0.871. The summed E-state index contributed by atoms with van der Waals surface area (Å²) in [5.41, 5.74) is 0. The number of rotatable bonds is 0. The first-order valence-corrected chi connectivity index (χ1v) is 5.26. The van der Waals surface area contributed by atoms with E-state index in [1.807, 2.05) is 6.92 Å². The number of carbonyl (C=O) groups excluding carboxylic acids is 2. The molecule has 0 radical (unpaired) electrons. The van der Waals surface area contributed by atoms with E-state index in [9.17, 15) is 9.59 Å². The zero-order chi connectivity index (χ0) is 9.42. The number of fused-ring (bicyclic) bond motifs is 1. The van der Waals surface area contributed by atoms with Crippen molar-refractivity contribution in [3.05, 3.63) is 0 Å². The molecular formula is C11H16O2. The van der Waals surface area contributed by atoms with Crippen LogP contribution in [0.2, 0.25) is 0 Å². The van der Waals surface area contributed by atoms with Crippen molar-refractivity contribution in [2.45, 2.75) is 39.0 Å². The summed E-state index contributed by atoms with van der Waals surface area (Å²) >= 11 is 0. The Kier molecular flexibility index (Phi) is 2.22. The molecule has 0 bridgehead atoms. The summed E-state index contributed by atoms with van der Waals surface area (Å²) in [6.07, 6.45) is 4.68. The summed E-state index contributed by atoms with van der Waals surface area (Å²) < 4.78 is 0. The fraction of sp³-hybridized carbons (Fsp3) is 0.818. The third kappa shape index (κ3) is 1.43. The fourth-order valence-corrected chi connectivity index (χ4v) is 2.78. The molecule has 2 nitrogen and oxygen atoms in total. The maximum absolute atomic E-state index is 11.8. The molecule has 3 unspecified atom stereocenters. The highest BCUT2D eigenvalue weighted by atomic mass is 16.1. The molecule has 0 aromatic rings. The van der Waals surface area contributed by atoms with E-state index in [2.05, 4.69) is 0 Å². The highest BCUT2D eigenvalue weighted by Crippen LogP contribution is 2.38. The second kappa shape index (κ2) is 3.24. The highest BCUT2D eigenvalue weighted by Gasteiger charge is 2.41. The lowest BCUT2D eigenvalue weighted by Crippen LogP contribution is -2.41. The van der Waals surface area contributed by atoms with Crippen LogP contribution in [-0.4, -0.2) is 11.6 Å². The van der Waals surface area contributed by atoms with E-state index in [0.29, 0.717) is 18.0 Å². The standard InChI is InChI=1S/C11H16O2/c1-7-6-10(12)8-4-2-3-5-9(8)11(7)13/h7-9H,2-6H2,1H3. The molecule has 0 aromatic carbocycles. The molecule has 0 saturated heterocycles. The van der Waals surface area contributed by atoms with Crippen LogP contribution < -0.4 is 0 Å². The van der Waals surface area contributed by atoms with Gasteiger partial charge in [-0.05, 0) is 12.8 Å². The van der Waals surface area contributed by atoms with Gasteiger partial charge in [0.2, 0.25) is 0 Å². The lowest BCUT2D eigenvalue weighted by molar-refractivity contribution is -0.143. The molecule has 2 fully saturated rings. The van der Waals surface area contributed by atoms with Crippen molar-refractivity contribution in [3.63, 3.8) is 0 Å². The van der Waals surface area contributed by atoms with E-state index in [4.69, 9.17) is 0 Å². The monoisotopic (exact) mass is 180 g/mol. The summed E-state index contributed by atoms with van der Waals surface area (Å²) in [4.78, 5) is 23.4. The zero-order valence-electron chi connectivity index (χ0n) is 8.08. The maximum Gasteiger partial charge on any atom is 0.139 e. The lowest BCUT2D eigenvalue weighted by atomic mass is 9.66. The van der Waals surface area contributed by atoms with Crippen LogP contribution in [-0.2, 0) is 9.59 Å². The first-order valence-electron chi connectivity index (χ1n) is 5.26. The second-order valence-corrected chi connectivity index (χ2v) is 4.47. The van der Waals surface area contributed by atoms with Gasteiger partial charge in [0.25, 0.3) is 0 Å². The average Bonchev–Trinajstić information content (AvgIpc) is 2.15. The number of hydrogen-bond acceptors (Lipinski definition) is 2. The minimum Gasteiger partial charge on any atom is -0.299 e. The molecule has 0 spiro atoms. The van der Waals surface area contributed by atoms with E-state index >= 15 is 0 Å². The first kappa shape index (κ1) is 8.92. The van der Waals surface area contributed by atoms with Crippen LogP contribution in [0.15, 0.2) is 0 Å². The van der Waals surface area contributed by atoms with Crippen molar-refractivity contribution in [2.24, 2.45) is 17.8 Å². The minimum atomic E-state index is -0.00755. The van der Waals surface area contributed by atoms with Gasteiger partial charge in [-0.1, -0.05) is 19.8 Å². The third-order valence-electron chi connectivity index (χ3n) is 3.54. The van der Waals surface area contributed by atoms with Crippen molar-refractivity contribution < 1.29 is 9.59 Å². The molecule has 72 valence electrons. The Bertz CT molecular complexity index is 244. The Morgan fingerprint density at radius 2 is 1.69 bits per heavy atom. The lowest BCUT2D eigenvalue weighted by Gasteiger charge is -2.35. The van der Waals surface area contributed by atoms with Gasteiger partial charge >= 0.3 is 0 Å².